The van der Waals surface area contributed by atoms with Gasteiger partial charge in [-0.05, 0) is 29.7 Å². The van der Waals surface area contributed by atoms with Crippen LogP contribution in [-0.2, 0) is 13.0 Å². The third-order valence-corrected chi connectivity index (χ3v) is 3.69. The van der Waals surface area contributed by atoms with Gasteiger partial charge in [-0.25, -0.2) is 0 Å². The molecule has 1 aliphatic heterocycles. The number of benzene rings is 1. The highest BCUT2D eigenvalue weighted by Gasteiger charge is 2.19. The Morgan fingerprint density at radius 2 is 2.17 bits per heavy atom. The van der Waals surface area contributed by atoms with Gasteiger partial charge in [0.1, 0.15) is 0 Å². The van der Waals surface area contributed by atoms with E-state index in [-0.39, 0.29) is 0 Å². The first-order chi connectivity index (χ1) is 8.75. The van der Waals surface area contributed by atoms with Crippen molar-refractivity contribution in [3.8, 4) is 0 Å². The number of rotatable bonds is 1. The molecule has 0 amide bonds. The summed E-state index contributed by atoms with van der Waals surface area (Å²) in [5.41, 5.74) is 10.5. The van der Waals surface area contributed by atoms with Crippen molar-refractivity contribution < 1.29 is 0 Å². The van der Waals surface area contributed by atoms with E-state index < -0.39 is 0 Å². The van der Waals surface area contributed by atoms with E-state index in [1.165, 1.54) is 11.1 Å². The lowest BCUT2D eigenvalue weighted by Gasteiger charge is -2.31. The third-order valence-electron chi connectivity index (χ3n) is 3.39. The molecule has 3 nitrogen and oxygen atoms in total. The molecule has 0 aliphatic carbocycles. The number of aromatic nitrogens is 1. The Balaban J connectivity index is 1.94. The summed E-state index contributed by atoms with van der Waals surface area (Å²) in [5, 5.41) is 0.699. The minimum Gasteiger partial charge on any atom is -0.398 e. The van der Waals surface area contributed by atoms with Gasteiger partial charge in [0.15, 0.2) is 0 Å². The first-order valence-electron chi connectivity index (χ1n) is 5.96. The molecule has 0 bridgehead atoms. The molecule has 3 rings (SSSR count). The zero-order valence-electron chi connectivity index (χ0n) is 9.94. The Morgan fingerprint density at radius 1 is 1.28 bits per heavy atom. The van der Waals surface area contributed by atoms with Crippen molar-refractivity contribution in [2.24, 2.45) is 0 Å². The maximum atomic E-state index is 6.19. The van der Waals surface area contributed by atoms with Gasteiger partial charge in [0, 0.05) is 31.2 Å². The van der Waals surface area contributed by atoms with Crippen LogP contribution in [-0.4, -0.2) is 11.5 Å². The number of halogens is 1. The summed E-state index contributed by atoms with van der Waals surface area (Å²) in [5.74, 6) is 0. The minimum absolute atomic E-state index is 0.699. The van der Waals surface area contributed by atoms with Gasteiger partial charge in [-0.3, -0.25) is 4.98 Å². The average molecular weight is 260 g/mol. The summed E-state index contributed by atoms with van der Waals surface area (Å²) in [6.07, 6.45) is 4.42. The molecule has 92 valence electrons. The second kappa shape index (κ2) is 4.50. The van der Waals surface area contributed by atoms with Gasteiger partial charge in [0.2, 0.25) is 0 Å². The molecule has 1 aromatic carbocycles. The zero-order valence-corrected chi connectivity index (χ0v) is 10.7. The van der Waals surface area contributed by atoms with Crippen molar-refractivity contribution >= 4 is 23.0 Å². The Bertz CT molecular complexity index is 583. The molecule has 0 saturated carbocycles. The molecule has 0 radical (unpaired) electrons. The monoisotopic (exact) mass is 259 g/mol. The highest BCUT2D eigenvalue weighted by Crippen LogP contribution is 2.31. The molecular formula is C14H14ClN3. The third kappa shape index (κ3) is 1.91. The normalized spacial score (nSPS) is 14.4. The van der Waals surface area contributed by atoms with Gasteiger partial charge < -0.3 is 10.6 Å². The number of hydrogen-bond donors (Lipinski definition) is 1. The van der Waals surface area contributed by atoms with E-state index in [0.717, 1.165) is 30.9 Å². The molecule has 1 aliphatic rings. The van der Waals surface area contributed by atoms with Crippen LogP contribution in [0, 0.1) is 0 Å². The Morgan fingerprint density at radius 3 is 3.00 bits per heavy atom. The van der Waals surface area contributed by atoms with E-state index in [0.29, 0.717) is 5.02 Å². The summed E-state index contributed by atoms with van der Waals surface area (Å²) >= 11 is 6.19. The van der Waals surface area contributed by atoms with E-state index >= 15 is 0 Å². The highest BCUT2D eigenvalue weighted by molar-refractivity contribution is 6.33. The van der Waals surface area contributed by atoms with Crippen LogP contribution >= 0.6 is 11.6 Å². The van der Waals surface area contributed by atoms with Crippen LogP contribution in [0.5, 0.6) is 0 Å². The molecule has 2 heterocycles. The summed E-state index contributed by atoms with van der Waals surface area (Å²) in [6.45, 7) is 1.79. The van der Waals surface area contributed by atoms with Crippen molar-refractivity contribution in [2.45, 2.75) is 13.0 Å². The molecule has 1 aromatic heterocycles. The van der Waals surface area contributed by atoms with Crippen molar-refractivity contribution in [2.75, 3.05) is 17.2 Å². The molecule has 0 atom stereocenters. The molecule has 18 heavy (non-hydrogen) atoms. The molecule has 0 fully saturated rings. The van der Waals surface area contributed by atoms with Crippen LogP contribution in [0.15, 0.2) is 36.7 Å². The lowest BCUT2D eigenvalue weighted by Crippen LogP contribution is -2.31. The number of hydrogen-bond acceptors (Lipinski definition) is 3. The predicted molar refractivity (Wildman–Crippen MR) is 74.9 cm³/mol. The summed E-state index contributed by atoms with van der Waals surface area (Å²) < 4.78 is 0. The van der Waals surface area contributed by atoms with Crippen LogP contribution in [0.1, 0.15) is 11.1 Å². The SMILES string of the molecule is Nc1cccc2c1CCN(c1ccncc1Cl)C2. The Kier molecular flexibility index (Phi) is 2.84. The van der Waals surface area contributed by atoms with Crippen molar-refractivity contribution in [3.63, 3.8) is 0 Å². The summed E-state index contributed by atoms with van der Waals surface area (Å²) in [7, 11) is 0. The van der Waals surface area contributed by atoms with Crippen LogP contribution in [0.4, 0.5) is 11.4 Å². The smallest absolute Gasteiger partial charge is 0.0822 e. The standard InChI is InChI=1S/C14H14ClN3/c15-12-8-17-6-4-14(12)18-7-5-11-10(9-18)2-1-3-13(11)16/h1-4,6,8H,5,7,9,16H2. The summed E-state index contributed by atoms with van der Waals surface area (Å²) in [4.78, 5) is 6.29. The van der Waals surface area contributed by atoms with Crippen molar-refractivity contribution in [1.29, 1.82) is 0 Å². The molecule has 0 spiro atoms. The van der Waals surface area contributed by atoms with Crippen LogP contribution < -0.4 is 10.6 Å². The van der Waals surface area contributed by atoms with E-state index in [1.54, 1.807) is 12.4 Å². The number of anilines is 2. The molecular weight excluding hydrogens is 246 g/mol. The number of pyridine rings is 1. The number of nitrogens with two attached hydrogens (primary N) is 1. The van der Waals surface area contributed by atoms with Gasteiger partial charge in [0.05, 0.1) is 10.7 Å². The molecule has 2 aromatic rings. The van der Waals surface area contributed by atoms with Gasteiger partial charge in [-0.15, -0.1) is 0 Å². The maximum Gasteiger partial charge on any atom is 0.0822 e. The van der Waals surface area contributed by atoms with Crippen LogP contribution in [0.3, 0.4) is 0 Å². The van der Waals surface area contributed by atoms with Gasteiger partial charge in [-0.2, -0.15) is 0 Å². The fourth-order valence-electron chi connectivity index (χ4n) is 2.47. The first kappa shape index (κ1) is 11.4. The predicted octanol–water partition coefficient (Wildman–Crippen LogP) is 2.88. The number of nitrogens with zero attached hydrogens (tertiary/aromatic N) is 2. The van der Waals surface area contributed by atoms with Gasteiger partial charge in [0.25, 0.3) is 0 Å². The lowest BCUT2D eigenvalue weighted by atomic mass is 9.98. The maximum absolute atomic E-state index is 6.19. The first-order valence-corrected chi connectivity index (χ1v) is 6.34. The number of nitrogen functional groups attached to an aromatic ring is 1. The quantitative estimate of drug-likeness (QED) is 0.801. The van der Waals surface area contributed by atoms with E-state index in [4.69, 9.17) is 17.3 Å². The second-order valence-electron chi connectivity index (χ2n) is 4.48. The summed E-state index contributed by atoms with van der Waals surface area (Å²) in [6, 6.07) is 8.06. The zero-order chi connectivity index (χ0) is 12.5. The topological polar surface area (TPSA) is 42.1 Å². The lowest BCUT2D eigenvalue weighted by molar-refractivity contribution is 0.733. The van der Waals surface area contributed by atoms with Gasteiger partial charge in [-0.1, -0.05) is 23.7 Å². The average Bonchev–Trinajstić information content (AvgIpc) is 2.39. The van der Waals surface area contributed by atoms with Crippen molar-refractivity contribution in [1.82, 2.24) is 4.98 Å². The van der Waals surface area contributed by atoms with E-state index in [2.05, 4.69) is 16.0 Å². The van der Waals surface area contributed by atoms with E-state index in [1.807, 2.05) is 18.2 Å². The minimum atomic E-state index is 0.699. The fraction of sp³-hybridized carbons (Fsp3) is 0.214. The van der Waals surface area contributed by atoms with Crippen molar-refractivity contribution in [3.05, 3.63) is 52.8 Å². The molecule has 4 heteroatoms. The molecule has 2 N–H and O–H groups in total. The second-order valence-corrected chi connectivity index (χ2v) is 4.89. The Labute approximate surface area is 111 Å². The fourth-order valence-corrected chi connectivity index (χ4v) is 2.71. The van der Waals surface area contributed by atoms with Crippen LogP contribution in [0.2, 0.25) is 5.02 Å². The largest absolute Gasteiger partial charge is 0.398 e. The molecule has 0 unspecified atom stereocenters. The molecule has 0 saturated heterocycles. The highest BCUT2D eigenvalue weighted by atomic mass is 35.5. The van der Waals surface area contributed by atoms with Crippen LogP contribution in [0.25, 0.3) is 0 Å². The Hall–Kier alpha value is -1.74. The number of fused-ring (bicyclic) bond motifs is 1. The van der Waals surface area contributed by atoms with E-state index in [9.17, 15) is 0 Å². The van der Waals surface area contributed by atoms with Gasteiger partial charge >= 0.3 is 0 Å².